The monoisotopic (exact) mass is 446 g/mol. The van der Waals surface area contributed by atoms with E-state index in [1.165, 1.54) is 6.07 Å². The number of fused-ring (bicyclic) bond motifs is 1. The van der Waals surface area contributed by atoms with Crippen LogP contribution in [0.15, 0.2) is 35.3 Å². The molecule has 0 unspecified atom stereocenters. The van der Waals surface area contributed by atoms with Gasteiger partial charge in [0.05, 0.1) is 22.0 Å². The molecule has 0 saturated heterocycles. The highest BCUT2D eigenvalue weighted by molar-refractivity contribution is 14.1. The van der Waals surface area contributed by atoms with Crippen LogP contribution in [0.5, 0.6) is 0 Å². The molecule has 1 aliphatic heterocycles. The van der Waals surface area contributed by atoms with Gasteiger partial charge in [0, 0.05) is 9.13 Å². The molecule has 7 heteroatoms. The fourth-order valence-electron chi connectivity index (χ4n) is 2.35. The second kappa shape index (κ2) is 6.16. The highest BCUT2D eigenvalue weighted by Crippen LogP contribution is 2.34. The van der Waals surface area contributed by atoms with E-state index >= 15 is 0 Å². The molecule has 23 heavy (non-hydrogen) atoms. The van der Waals surface area contributed by atoms with E-state index in [4.69, 9.17) is 11.6 Å². The Morgan fingerprint density at radius 3 is 2.48 bits per heavy atom. The van der Waals surface area contributed by atoms with Crippen LogP contribution >= 0.6 is 34.2 Å². The molecule has 2 aromatic carbocycles. The number of amides is 1. The van der Waals surface area contributed by atoms with Crippen LogP contribution in [0.4, 0.5) is 14.5 Å². The van der Waals surface area contributed by atoms with Crippen molar-refractivity contribution < 1.29 is 13.6 Å². The summed E-state index contributed by atoms with van der Waals surface area (Å²) in [6.45, 7) is 1.55. The summed E-state index contributed by atoms with van der Waals surface area (Å²) in [6.07, 6.45) is 0. The van der Waals surface area contributed by atoms with Crippen LogP contribution in [-0.4, -0.2) is 17.7 Å². The van der Waals surface area contributed by atoms with Crippen molar-refractivity contribution >= 4 is 51.5 Å². The van der Waals surface area contributed by atoms with E-state index in [2.05, 4.69) is 10.3 Å². The lowest BCUT2D eigenvalue weighted by Gasteiger charge is -2.14. The van der Waals surface area contributed by atoms with Crippen molar-refractivity contribution in [2.24, 2.45) is 4.99 Å². The summed E-state index contributed by atoms with van der Waals surface area (Å²) in [6, 6.07) is 6.13. The van der Waals surface area contributed by atoms with E-state index in [-0.39, 0.29) is 17.2 Å². The third kappa shape index (κ3) is 2.85. The summed E-state index contributed by atoms with van der Waals surface area (Å²) in [5, 5.41) is 2.98. The standard InChI is InChI=1S/C16H10ClF2IN2O/c1-7-16(23)22-11-6-5-10(20)14(17)13(11)15(21-7)12-8(18)3-2-4-9(12)19/h2-7H,1H3,(H,22,23)/t7-/m0/s1. The number of rotatable bonds is 1. The topological polar surface area (TPSA) is 41.5 Å². The summed E-state index contributed by atoms with van der Waals surface area (Å²) < 4.78 is 29.2. The number of carbonyl (C=O) groups excluding carboxylic acids is 1. The molecule has 0 saturated carbocycles. The van der Waals surface area contributed by atoms with Gasteiger partial charge in [0.2, 0.25) is 5.91 Å². The van der Waals surface area contributed by atoms with Gasteiger partial charge in [-0.05, 0) is 53.8 Å². The molecule has 0 aliphatic carbocycles. The molecule has 3 nitrogen and oxygen atoms in total. The molecule has 1 atom stereocenters. The molecule has 0 radical (unpaired) electrons. The van der Waals surface area contributed by atoms with Gasteiger partial charge in [0.25, 0.3) is 0 Å². The molecule has 0 spiro atoms. The van der Waals surface area contributed by atoms with Crippen molar-refractivity contribution in [3.8, 4) is 0 Å². The summed E-state index contributed by atoms with van der Waals surface area (Å²) in [5.41, 5.74) is 0.442. The number of hydrogen-bond donors (Lipinski definition) is 1. The van der Waals surface area contributed by atoms with Gasteiger partial charge in [0.1, 0.15) is 17.7 Å². The lowest BCUT2D eigenvalue weighted by molar-refractivity contribution is -0.116. The summed E-state index contributed by atoms with van der Waals surface area (Å²) in [7, 11) is 0. The Labute approximate surface area is 149 Å². The van der Waals surface area contributed by atoms with Gasteiger partial charge in [-0.3, -0.25) is 9.79 Å². The van der Waals surface area contributed by atoms with Crippen molar-refractivity contribution in [1.82, 2.24) is 0 Å². The first-order chi connectivity index (χ1) is 10.9. The fourth-order valence-corrected chi connectivity index (χ4v) is 3.06. The van der Waals surface area contributed by atoms with Crippen LogP contribution < -0.4 is 5.32 Å². The van der Waals surface area contributed by atoms with Gasteiger partial charge in [-0.2, -0.15) is 0 Å². The fraction of sp³-hybridized carbons (Fsp3) is 0.125. The Balaban J connectivity index is 2.38. The number of anilines is 1. The Morgan fingerprint density at radius 1 is 1.17 bits per heavy atom. The molecule has 0 bridgehead atoms. The maximum atomic E-state index is 14.2. The molecule has 0 fully saturated rings. The number of benzene rings is 2. The highest BCUT2D eigenvalue weighted by atomic mass is 127. The predicted molar refractivity (Wildman–Crippen MR) is 94.3 cm³/mol. The SMILES string of the molecule is C[C@@H]1N=C(c2c(F)cccc2F)c2c(ccc(I)c2Cl)NC1=O. The van der Waals surface area contributed by atoms with Crippen LogP contribution in [0.1, 0.15) is 18.1 Å². The maximum absolute atomic E-state index is 14.2. The smallest absolute Gasteiger partial charge is 0.248 e. The van der Waals surface area contributed by atoms with Crippen LogP contribution in [0.3, 0.4) is 0 Å². The number of hydrogen-bond acceptors (Lipinski definition) is 2. The first-order valence-corrected chi connectivity index (χ1v) is 8.17. The van der Waals surface area contributed by atoms with Crippen molar-refractivity contribution in [2.75, 3.05) is 5.32 Å². The molecule has 1 aliphatic rings. The minimum atomic E-state index is -0.801. The molecule has 1 amide bonds. The molecule has 118 valence electrons. The van der Waals surface area contributed by atoms with Crippen LogP contribution in [-0.2, 0) is 4.79 Å². The molecular weight excluding hydrogens is 437 g/mol. The van der Waals surface area contributed by atoms with E-state index in [1.54, 1.807) is 19.1 Å². The van der Waals surface area contributed by atoms with Crippen molar-refractivity contribution in [3.63, 3.8) is 0 Å². The Bertz CT molecular complexity index is 834. The van der Waals surface area contributed by atoms with Crippen LogP contribution in [0.25, 0.3) is 0 Å². The Hall–Kier alpha value is -1.54. The normalized spacial score (nSPS) is 17.2. The zero-order chi connectivity index (χ0) is 16.7. The number of nitrogens with one attached hydrogen (secondary N) is 1. The summed E-state index contributed by atoms with van der Waals surface area (Å²) in [4.78, 5) is 16.3. The zero-order valence-corrected chi connectivity index (χ0v) is 14.7. The molecule has 1 N–H and O–H groups in total. The summed E-state index contributed by atoms with van der Waals surface area (Å²) >= 11 is 8.36. The number of nitrogens with zero attached hydrogens (tertiary/aromatic N) is 1. The molecule has 0 aromatic heterocycles. The Kier molecular flexibility index (Phi) is 4.37. The van der Waals surface area contributed by atoms with E-state index in [0.29, 0.717) is 19.8 Å². The van der Waals surface area contributed by atoms with E-state index in [1.807, 2.05) is 22.6 Å². The first kappa shape index (κ1) is 16.3. The van der Waals surface area contributed by atoms with Gasteiger partial charge >= 0.3 is 0 Å². The van der Waals surface area contributed by atoms with Gasteiger partial charge in [-0.15, -0.1) is 0 Å². The summed E-state index contributed by atoms with van der Waals surface area (Å²) in [5.74, 6) is -1.88. The number of benzodiazepines with no additional fused rings is 1. The van der Waals surface area contributed by atoms with Crippen molar-refractivity contribution in [2.45, 2.75) is 13.0 Å². The van der Waals surface area contributed by atoms with Crippen molar-refractivity contribution in [1.29, 1.82) is 0 Å². The van der Waals surface area contributed by atoms with E-state index in [0.717, 1.165) is 12.1 Å². The quantitative estimate of drug-likeness (QED) is 0.648. The number of carbonyl (C=O) groups is 1. The van der Waals surface area contributed by atoms with Gasteiger partial charge in [0.15, 0.2) is 0 Å². The minimum Gasteiger partial charge on any atom is -0.324 e. The molecular formula is C16H10ClF2IN2O. The van der Waals surface area contributed by atoms with Crippen LogP contribution in [0.2, 0.25) is 5.02 Å². The average Bonchev–Trinajstić information content (AvgIpc) is 2.61. The first-order valence-electron chi connectivity index (χ1n) is 6.71. The zero-order valence-electron chi connectivity index (χ0n) is 11.8. The van der Waals surface area contributed by atoms with Gasteiger partial charge in [-0.1, -0.05) is 17.7 Å². The predicted octanol–water partition coefficient (Wildman–Crippen LogP) is 4.40. The van der Waals surface area contributed by atoms with E-state index in [9.17, 15) is 13.6 Å². The van der Waals surface area contributed by atoms with Crippen LogP contribution in [0, 0.1) is 15.2 Å². The molecule has 2 aromatic rings. The largest absolute Gasteiger partial charge is 0.324 e. The number of aliphatic imine (C=N–C) groups is 1. The molecule has 1 heterocycles. The molecule has 3 rings (SSSR count). The maximum Gasteiger partial charge on any atom is 0.248 e. The minimum absolute atomic E-state index is 0.0324. The van der Waals surface area contributed by atoms with Gasteiger partial charge in [-0.25, -0.2) is 8.78 Å². The van der Waals surface area contributed by atoms with E-state index < -0.39 is 17.7 Å². The van der Waals surface area contributed by atoms with Crippen molar-refractivity contribution in [3.05, 3.63) is 61.7 Å². The lowest BCUT2D eigenvalue weighted by Crippen LogP contribution is -2.22. The highest BCUT2D eigenvalue weighted by Gasteiger charge is 2.28. The number of halogens is 4. The Morgan fingerprint density at radius 2 is 1.83 bits per heavy atom. The second-order valence-corrected chi connectivity index (χ2v) is 6.56. The lowest BCUT2D eigenvalue weighted by atomic mass is 9.99. The third-order valence-electron chi connectivity index (χ3n) is 3.49. The third-order valence-corrected chi connectivity index (χ3v) is 5.10. The average molecular weight is 447 g/mol. The second-order valence-electron chi connectivity index (χ2n) is 5.02. The van der Waals surface area contributed by atoms with Gasteiger partial charge < -0.3 is 5.32 Å².